The second-order valence-electron chi connectivity index (χ2n) is 10.1. The van der Waals surface area contributed by atoms with E-state index in [1.165, 1.54) is 161 Å². The van der Waals surface area contributed by atoms with Crippen LogP contribution in [0.1, 0.15) is 181 Å². The Balaban J connectivity index is 3.49. The predicted octanol–water partition coefficient (Wildman–Crippen LogP) is 11.2. The largest absolute Gasteiger partial charge is 0.378 e. The van der Waals surface area contributed by atoms with E-state index in [0.29, 0.717) is 6.10 Å². The van der Waals surface area contributed by atoms with E-state index in [0.717, 1.165) is 6.61 Å². The number of hydrogen-bond donors (Lipinski definition) is 0. The molecule has 188 valence electrons. The molecule has 0 aromatic carbocycles. The molecule has 0 aromatic rings. The molecule has 0 N–H and O–H groups in total. The van der Waals surface area contributed by atoms with Crippen LogP contribution in [-0.2, 0) is 4.74 Å². The fourth-order valence-corrected chi connectivity index (χ4v) is 4.63. The van der Waals surface area contributed by atoms with Gasteiger partial charge in [0, 0.05) is 6.61 Å². The molecule has 0 aliphatic heterocycles. The van der Waals surface area contributed by atoms with Crippen molar-refractivity contribution < 1.29 is 4.74 Å². The fraction of sp³-hybridized carbons (Fsp3) is 1.00. The number of unbranched alkanes of at least 4 members (excludes halogenated alkanes) is 20. The molecule has 0 aliphatic rings. The number of hydrogen-bond acceptors (Lipinski definition) is 1. The highest BCUT2D eigenvalue weighted by Crippen LogP contribution is 2.17. The van der Waals surface area contributed by atoms with Crippen molar-refractivity contribution in [1.29, 1.82) is 0 Å². The lowest BCUT2D eigenvalue weighted by atomic mass is 10.0. The van der Waals surface area contributed by atoms with Crippen molar-refractivity contribution in [2.75, 3.05) is 6.61 Å². The van der Waals surface area contributed by atoms with Crippen LogP contribution in [0, 0.1) is 0 Å². The summed E-state index contributed by atoms with van der Waals surface area (Å²) < 4.78 is 6.29. The Kier molecular flexibility index (Phi) is 28.0. The minimum absolute atomic E-state index is 0.541. The molecule has 0 spiro atoms. The third kappa shape index (κ3) is 26.1. The highest BCUT2D eigenvalue weighted by Gasteiger charge is 2.08. The van der Waals surface area contributed by atoms with E-state index in [1.54, 1.807) is 0 Å². The van der Waals surface area contributed by atoms with Crippen LogP contribution in [0.2, 0.25) is 0 Å². The fourth-order valence-electron chi connectivity index (χ4n) is 4.63. The minimum Gasteiger partial charge on any atom is -0.378 e. The van der Waals surface area contributed by atoms with Gasteiger partial charge in [0.25, 0.3) is 0 Å². The van der Waals surface area contributed by atoms with Gasteiger partial charge in [-0.05, 0) is 19.3 Å². The molecule has 1 unspecified atom stereocenters. The maximum Gasteiger partial charge on any atom is 0.0575 e. The van der Waals surface area contributed by atoms with Crippen molar-refractivity contribution in [3.8, 4) is 0 Å². The van der Waals surface area contributed by atoms with Gasteiger partial charge in [-0.15, -0.1) is 0 Å². The first-order valence-corrected chi connectivity index (χ1v) is 15.0. The molecule has 0 aromatic heterocycles. The zero-order valence-corrected chi connectivity index (χ0v) is 22.4. The summed E-state index contributed by atoms with van der Waals surface area (Å²) in [6.45, 7) is 7.89. The van der Waals surface area contributed by atoms with E-state index in [4.69, 9.17) is 4.74 Å². The first kappa shape index (κ1) is 31.0. The first-order valence-electron chi connectivity index (χ1n) is 15.0. The molecule has 1 nitrogen and oxygen atoms in total. The van der Waals surface area contributed by atoms with Crippen molar-refractivity contribution in [1.82, 2.24) is 0 Å². The van der Waals surface area contributed by atoms with Gasteiger partial charge in [-0.25, -0.2) is 0 Å². The molecule has 1 atom stereocenters. The van der Waals surface area contributed by atoms with Crippen LogP contribution >= 0.6 is 0 Å². The average molecular weight is 439 g/mol. The van der Waals surface area contributed by atoms with Gasteiger partial charge in [-0.1, -0.05) is 162 Å². The molecule has 0 saturated carbocycles. The van der Waals surface area contributed by atoms with Crippen LogP contribution < -0.4 is 0 Å². The highest BCUT2D eigenvalue weighted by atomic mass is 16.5. The SMILES string of the molecule is CCCCCCCCCCCCCCCCCC(CCCCC)OCCCCCCC. The maximum absolute atomic E-state index is 6.29. The molecule has 1 heteroatoms. The predicted molar refractivity (Wildman–Crippen MR) is 142 cm³/mol. The van der Waals surface area contributed by atoms with Crippen molar-refractivity contribution in [3.63, 3.8) is 0 Å². The van der Waals surface area contributed by atoms with Gasteiger partial charge in [-0.3, -0.25) is 0 Å². The maximum atomic E-state index is 6.29. The van der Waals surface area contributed by atoms with Gasteiger partial charge < -0.3 is 4.74 Å². The summed E-state index contributed by atoms with van der Waals surface area (Å²) >= 11 is 0. The Morgan fingerprint density at radius 2 is 0.645 bits per heavy atom. The van der Waals surface area contributed by atoms with Gasteiger partial charge in [0.1, 0.15) is 0 Å². The molecule has 0 fully saturated rings. The zero-order valence-electron chi connectivity index (χ0n) is 22.4. The van der Waals surface area contributed by atoms with E-state index < -0.39 is 0 Å². The first-order chi connectivity index (χ1) is 15.3. The molecule has 0 aliphatic carbocycles. The summed E-state index contributed by atoms with van der Waals surface area (Å²) in [5.41, 5.74) is 0. The Hall–Kier alpha value is -0.0400. The smallest absolute Gasteiger partial charge is 0.0575 e. The summed E-state index contributed by atoms with van der Waals surface area (Å²) in [6, 6.07) is 0. The Bertz CT molecular complexity index is 301. The van der Waals surface area contributed by atoms with Crippen LogP contribution in [0.4, 0.5) is 0 Å². The van der Waals surface area contributed by atoms with Gasteiger partial charge in [-0.2, -0.15) is 0 Å². The third-order valence-electron chi connectivity index (χ3n) is 6.86. The van der Waals surface area contributed by atoms with Crippen LogP contribution in [0.25, 0.3) is 0 Å². The summed E-state index contributed by atoms with van der Waals surface area (Å²) in [5, 5.41) is 0. The number of ether oxygens (including phenoxy) is 1. The van der Waals surface area contributed by atoms with Crippen molar-refractivity contribution in [2.24, 2.45) is 0 Å². The van der Waals surface area contributed by atoms with Gasteiger partial charge in [0.05, 0.1) is 6.10 Å². The van der Waals surface area contributed by atoms with Crippen LogP contribution in [0.15, 0.2) is 0 Å². The molecule has 31 heavy (non-hydrogen) atoms. The van der Waals surface area contributed by atoms with Crippen LogP contribution in [0.5, 0.6) is 0 Å². The Labute approximate surface area is 198 Å². The minimum atomic E-state index is 0.541. The lowest BCUT2D eigenvalue weighted by molar-refractivity contribution is 0.0358. The molecular formula is C30H62O. The number of rotatable bonds is 27. The summed E-state index contributed by atoms with van der Waals surface area (Å²) in [5.74, 6) is 0. The topological polar surface area (TPSA) is 9.23 Å². The van der Waals surface area contributed by atoms with Gasteiger partial charge in [0.15, 0.2) is 0 Å². The molecule has 0 amide bonds. The second kappa shape index (κ2) is 28.0. The molecule has 0 saturated heterocycles. The molecule has 0 radical (unpaired) electrons. The molecular weight excluding hydrogens is 376 g/mol. The normalized spacial score (nSPS) is 12.5. The monoisotopic (exact) mass is 438 g/mol. The van der Waals surface area contributed by atoms with E-state index in [-0.39, 0.29) is 0 Å². The second-order valence-corrected chi connectivity index (χ2v) is 10.1. The Morgan fingerprint density at radius 1 is 0.355 bits per heavy atom. The van der Waals surface area contributed by atoms with Crippen LogP contribution in [0.3, 0.4) is 0 Å². The van der Waals surface area contributed by atoms with E-state index in [1.807, 2.05) is 0 Å². The van der Waals surface area contributed by atoms with Gasteiger partial charge >= 0.3 is 0 Å². The zero-order chi connectivity index (χ0) is 22.7. The molecule has 0 rings (SSSR count). The van der Waals surface area contributed by atoms with Crippen LogP contribution in [-0.4, -0.2) is 12.7 Å². The summed E-state index contributed by atoms with van der Waals surface area (Å²) in [7, 11) is 0. The van der Waals surface area contributed by atoms with Crippen molar-refractivity contribution >= 4 is 0 Å². The standard InChI is InChI=1S/C30H62O/c1-4-7-10-12-13-14-15-16-17-18-19-20-21-22-25-28-30(27-24-9-6-3)31-29-26-23-11-8-5-2/h30H,4-29H2,1-3H3. The third-order valence-corrected chi connectivity index (χ3v) is 6.86. The van der Waals surface area contributed by atoms with Crippen molar-refractivity contribution in [3.05, 3.63) is 0 Å². The lowest BCUT2D eigenvalue weighted by Gasteiger charge is -2.18. The van der Waals surface area contributed by atoms with E-state index in [9.17, 15) is 0 Å². The summed E-state index contributed by atoms with van der Waals surface area (Å²) in [4.78, 5) is 0. The molecule has 0 bridgehead atoms. The average Bonchev–Trinajstić information content (AvgIpc) is 2.78. The summed E-state index contributed by atoms with van der Waals surface area (Å²) in [6.07, 6.45) is 35.7. The van der Waals surface area contributed by atoms with E-state index in [2.05, 4.69) is 20.8 Å². The van der Waals surface area contributed by atoms with Crippen molar-refractivity contribution in [2.45, 2.75) is 187 Å². The lowest BCUT2D eigenvalue weighted by Crippen LogP contribution is -2.14. The quantitative estimate of drug-likeness (QED) is 0.116. The van der Waals surface area contributed by atoms with Gasteiger partial charge in [0.2, 0.25) is 0 Å². The highest BCUT2D eigenvalue weighted by molar-refractivity contribution is 4.60. The molecule has 0 heterocycles. The van der Waals surface area contributed by atoms with E-state index >= 15 is 0 Å². The Morgan fingerprint density at radius 3 is 1.06 bits per heavy atom.